The first kappa shape index (κ1) is 32.4. The zero-order valence-electron chi connectivity index (χ0n) is 24.4. The summed E-state index contributed by atoms with van der Waals surface area (Å²) in [5.41, 5.74) is 0.790. The molecule has 0 radical (unpaired) electrons. The second kappa shape index (κ2) is 15.2. The molecule has 0 spiro atoms. The van der Waals surface area contributed by atoms with Crippen molar-refractivity contribution in [2.24, 2.45) is 0 Å². The standard InChI is InChI=1S/C31H38FN3O6S/c1-5-7-19-33-31(37)23(3)34(21-24-9-8-10-28(20-24)40-4)30(36)22-35(26-13-11-25(32)12-14-26)42(38,39)29-17-15-27(16-18-29)41-6-2/h8-18,20,23H,5-7,19,21-22H2,1-4H3,(H,33,37)/t23-/m1/s1. The summed E-state index contributed by atoms with van der Waals surface area (Å²) in [6, 6.07) is 16.8. The van der Waals surface area contributed by atoms with Gasteiger partial charge in [-0.2, -0.15) is 0 Å². The lowest BCUT2D eigenvalue weighted by Gasteiger charge is -2.32. The van der Waals surface area contributed by atoms with E-state index in [0.29, 0.717) is 30.2 Å². The Labute approximate surface area is 247 Å². The zero-order valence-corrected chi connectivity index (χ0v) is 25.2. The molecule has 0 aliphatic heterocycles. The van der Waals surface area contributed by atoms with Crippen LogP contribution in [0, 0.1) is 5.82 Å². The van der Waals surface area contributed by atoms with Crippen LogP contribution >= 0.6 is 0 Å². The molecule has 0 aliphatic carbocycles. The van der Waals surface area contributed by atoms with E-state index in [9.17, 15) is 22.4 Å². The van der Waals surface area contributed by atoms with Crippen LogP contribution in [0.15, 0.2) is 77.7 Å². The third kappa shape index (κ3) is 8.45. The third-order valence-electron chi connectivity index (χ3n) is 6.60. The van der Waals surface area contributed by atoms with Crippen LogP contribution in [-0.2, 0) is 26.2 Å². The van der Waals surface area contributed by atoms with E-state index in [1.807, 2.05) is 13.8 Å². The maximum absolute atomic E-state index is 14.0. The molecule has 42 heavy (non-hydrogen) atoms. The zero-order chi connectivity index (χ0) is 30.7. The van der Waals surface area contributed by atoms with Gasteiger partial charge in [0, 0.05) is 13.1 Å². The lowest BCUT2D eigenvalue weighted by atomic mass is 10.1. The van der Waals surface area contributed by atoms with Gasteiger partial charge < -0.3 is 19.7 Å². The summed E-state index contributed by atoms with van der Waals surface area (Å²) < 4.78 is 53.2. The number of hydrogen-bond acceptors (Lipinski definition) is 6. The molecule has 0 saturated carbocycles. The molecule has 9 nitrogen and oxygen atoms in total. The largest absolute Gasteiger partial charge is 0.497 e. The highest BCUT2D eigenvalue weighted by atomic mass is 32.2. The van der Waals surface area contributed by atoms with Crippen LogP contribution in [0.4, 0.5) is 10.1 Å². The average Bonchev–Trinajstić information content (AvgIpc) is 2.99. The molecule has 1 N–H and O–H groups in total. The summed E-state index contributed by atoms with van der Waals surface area (Å²) in [5.74, 6) is -0.461. The minimum atomic E-state index is -4.29. The normalized spacial score (nSPS) is 11.8. The van der Waals surface area contributed by atoms with Gasteiger partial charge >= 0.3 is 0 Å². The van der Waals surface area contributed by atoms with Crippen LogP contribution in [-0.4, -0.2) is 58.0 Å². The number of unbranched alkanes of at least 4 members (excludes halogenated alkanes) is 1. The van der Waals surface area contributed by atoms with Crippen LogP contribution in [0.3, 0.4) is 0 Å². The van der Waals surface area contributed by atoms with E-state index in [2.05, 4.69) is 5.32 Å². The number of hydrogen-bond donors (Lipinski definition) is 1. The first-order valence-corrected chi connectivity index (χ1v) is 15.3. The molecule has 2 amide bonds. The van der Waals surface area contributed by atoms with Crippen molar-refractivity contribution in [3.8, 4) is 11.5 Å². The predicted octanol–water partition coefficient (Wildman–Crippen LogP) is 4.76. The fraction of sp³-hybridized carbons (Fsp3) is 0.355. The van der Waals surface area contributed by atoms with Gasteiger partial charge in [0.05, 0.1) is 24.3 Å². The summed E-state index contributed by atoms with van der Waals surface area (Å²) in [4.78, 5) is 28.3. The van der Waals surface area contributed by atoms with E-state index in [1.165, 1.54) is 48.4 Å². The van der Waals surface area contributed by atoms with Gasteiger partial charge in [-0.05, 0) is 86.5 Å². The summed E-state index contributed by atoms with van der Waals surface area (Å²) in [7, 11) is -2.76. The van der Waals surface area contributed by atoms with Crippen LogP contribution in [0.5, 0.6) is 11.5 Å². The number of benzene rings is 3. The molecule has 1 atom stereocenters. The van der Waals surface area contributed by atoms with Crippen molar-refractivity contribution in [1.82, 2.24) is 10.2 Å². The first-order chi connectivity index (χ1) is 20.1. The number of methoxy groups -OCH3 is 1. The fourth-order valence-corrected chi connectivity index (χ4v) is 5.64. The van der Waals surface area contributed by atoms with E-state index in [0.717, 1.165) is 29.3 Å². The molecule has 0 unspecified atom stereocenters. The van der Waals surface area contributed by atoms with Gasteiger partial charge in [-0.3, -0.25) is 13.9 Å². The van der Waals surface area contributed by atoms with Crippen molar-refractivity contribution in [2.75, 3.05) is 31.1 Å². The van der Waals surface area contributed by atoms with E-state index in [-0.39, 0.29) is 23.0 Å². The van der Waals surface area contributed by atoms with E-state index in [1.54, 1.807) is 31.2 Å². The summed E-state index contributed by atoms with van der Waals surface area (Å²) in [6.07, 6.45) is 1.66. The van der Waals surface area contributed by atoms with E-state index in [4.69, 9.17) is 9.47 Å². The van der Waals surface area contributed by atoms with Gasteiger partial charge in [-0.25, -0.2) is 12.8 Å². The van der Waals surface area contributed by atoms with Gasteiger partial charge in [0.1, 0.15) is 29.9 Å². The molecule has 226 valence electrons. The van der Waals surface area contributed by atoms with Gasteiger partial charge in [0.15, 0.2) is 0 Å². The number of nitrogens with one attached hydrogen (secondary N) is 1. The quantitative estimate of drug-likeness (QED) is 0.253. The highest BCUT2D eigenvalue weighted by Gasteiger charge is 2.32. The van der Waals surface area contributed by atoms with Crippen molar-refractivity contribution >= 4 is 27.5 Å². The van der Waals surface area contributed by atoms with Crippen molar-refractivity contribution < 1.29 is 31.9 Å². The molecule has 3 rings (SSSR count). The summed E-state index contributed by atoms with van der Waals surface area (Å²) in [5, 5.41) is 2.85. The molecule has 3 aromatic carbocycles. The number of anilines is 1. The van der Waals surface area contributed by atoms with Gasteiger partial charge in [-0.15, -0.1) is 0 Å². The minimum absolute atomic E-state index is 0.0265. The smallest absolute Gasteiger partial charge is 0.264 e. The monoisotopic (exact) mass is 599 g/mol. The Morgan fingerprint density at radius 2 is 1.67 bits per heavy atom. The van der Waals surface area contributed by atoms with Gasteiger partial charge in [-0.1, -0.05) is 25.5 Å². The molecular formula is C31H38FN3O6S. The molecule has 0 aromatic heterocycles. The maximum Gasteiger partial charge on any atom is 0.264 e. The highest BCUT2D eigenvalue weighted by Crippen LogP contribution is 2.26. The second-order valence-corrected chi connectivity index (χ2v) is 11.4. The van der Waals surface area contributed by atoms with E-state index >= 15 is 0 Å². The molecule has 0 saturated heterocycles. The van der Waals surface area contributed by atoms with E-state index < -0.39 is 34.3 Å². The van der Waals surface area contributed by atoms with Crippen molar-refractivity contribution in [2.45, 2.75) is 51.1 Å². The number of amides is 2. The number of rotatable bonds is 15. The Hall–Kier alpha value is -4.12. The molecule has 0 heterocycles. The summed E-state index contributed by atoms with van der Waals surface area (Å²) >= 11 is 0. The Kier molecular flexibility index (Phi) is 11.7. The maximum atomic E-state index is 14.0. The molecule has 11 heteroatoms. The number of carbonyl (C=O) groups is 2. The van der Waals surface area contributed by atoms with Crippen LogP contribution in [0.1, 0.15) is 39.2 Å². The Balaban J connectivity index is 2.00. The first-order valence-electron chi connectivity index (χ1n) is 13.8. The lowest BCUT2D eigenvalue weighted by Crippen LogP contribution is -2.51. The molecular weight excluding hydrogens is 561 g/mol. The Morgan fingerprint density at radius 3 is 2.29 bits per heavy atom. The number of ether oxygens (including phenoxy) is 2. The molecule has 3 aromatic rings. The lowest BCUT2D eigenvalue weighted by molar-refractivity contribution is -0.139. The Bertz CT molecular complexity index is 1430. The van der Waals surface area contributed by atoms with Crippen LogP contribution < -0.4 is 19.1 Å². The number of carbonyl (C=O) groups excluding carboxylic acids is 2. The summed E-state index contributed by atoms with van der Waals surface area (Å²) in [6.45, 7) is 5.68. The predicted molar refractivity (Wildman–Crippen MR) is 159 cm³/mol. The van der Waals surface area contributed by atoms with Crippen molar-refractivity contribution in [3.63, 3.8) is 0 Å². The second-order valence-electron chi connectivity index (χ2n) is 9.59. The van der Waals surface area contributed by atoms with Crippen LogP contribution in [0.2, 0.25) is 0 Å². The highest BCUT2D eigenvalue weighted by molar-refractivity contribution is 7.92. The molecule has 0 bridgehead atoms. The minimum Gasteiger partial charge on any atom is -0.497 e. The van der Waals surface area contributed by atoms with Crippen molar-refractivity contribution in [3.05, 3.63) is 84.2 Å². The Morgan fingerprint density at radius 1 is 0.976 bits per heavy atom. The van der Waals surface area contributed by atoms with Gasteiger partial charge in [0.25, 0.3) is 10.0 Å². The molecule has 0 aliphatic rings. The SMILES string of the molecule is CCCCNC(=O)[C@@H](C)N(Cc1cccc(OC)c1)C(=O)CN(c1ccc(F)cc1)S(=O)(=O)c1ccc(OCC)cc1. The number of nitrogens with zero attached hydrogens (tertiary/aromatic N) is 2. The topological polar surface area (TPSA) is 105 Å². The van der Waals surface area contributed by atoms with Gasteiger partial charge in [0.2, 0.25) is 11.8 Å². The number of halogens is 1. The molecule has 0 fully saturated rings. The third-order valence-corrected chi connectivity index (χ3v) is 8.39. The van der Waals surface area contributed by atoms with Crippen LogP contribution in [0.25, 0.3) is 0 Å². The fourth-order valence-electron chi connectivity index (χ4n) is 4.22. The van der Waals surface area contributed by atoms with Crippen molar-refractivity contribution in [1.29, 1.82) is 0 Å². The number of sulfonamides is 1. The average molecular weight is 600 g/mol.